The van der Waals surface area contributed by atoms with Crippen LogP contribution in [0.5, 0.6) is 11.5 Å². The molecule has 0 radical (unpaired) electrons. The van der Waals surface area contributed by atoms with Gasteiger partial charge in [0.05, 0.1) is 20.6 Å². The average molecular weight is 458 g/mol. The lowest BCUT2D eigenvalue weighted by Gasteiger charge is -2.09. The highest BCUT2D eigenvalue weighted by molar-refractivity contribution is 6.40. The first-order valence-corrected chi connectivity index (χ1v) is 9.18. The second kappa shape index (κ2) is 7.33. The van der Waals surface area contributed by atoms with Crippen molar-refractivity contribution in [3.05, 3.63) is 69.3 Å². The number of amides is 1. The Morgan fingerprint density at radius 3 is 2.24 bits per heavy atom. The van der Waals surface area contributed by atoms with Crippen LogP contribution in [-0.2, 0) is 0 Å². The first-order chi connectivity index (χ1) is 13.7. The van der Waals surface area contributed by atoms with Gasteiger partial charge in [-0.1, -0.05) is 40.9 Å². The molecule has 1 aliphatic rings. The van der Waals surface area contributed by atoms with Crippen LogP contribution in [0.1, 0.15) is 10.4 Å². The molecule has 2 aromatic carbocycles. The second-order valence-corrected chi connectivity index (χ2v) is 7.15. The van der Waals surface area contributed by atoms with Crippen molar-refractivity contribution in [3.8, 4) is 22.6 Å². The number of nitrogens with one attached hydrogen (secondary N) is 1. The van der Waals surface area contributed by atoms with Crippen molar-refractivity contribution in [2.45, 2.75) is 6.29 Å². The summed E-state index contributed by atoms with van der Waals surface area (Å²) in [6.07, 6.45) is -2.32. The van der Waals surface area contributed by atoms with Gasteiger partial charge in [-0.15, -0.1) is 8.78 Å². The molecule has 0 atom stereocenters. The number of hydrogen-bond acceptors (Lipinski definition) is 4. The Kier molecular flexibility index (Phi) is 4.98. The summed E-state index contributed by atoms with van der Waals surface area (Å²) >= 11 is 18.2. The van der Waals surface area contributed by atoms with E-state index >= 15 is 0 Å². The molecule has 0 unspecified atom stereocenters. The molecule has 3 aromatic rings. The number of carbonyl (C=O) groups excluding carboxylic acids is 1. The largest absolute Gasteiger partial charge is 0.586 e. The molecular weight excluding hydrogens is 449 g/mol. The first-order valence-electron chi connectivity index (χ1n) is 8.05. The number of fused-ring (bicyclic) bond motifs is 1. The summed E-state index contributed by atoms with van der Waals surface area (Å²) in [5.74, 6) is -0.584. The topological polar surface area (TPSA) is 60.5 Å². The predicted octanol–water partition coefficient (Wildman–Crippen LogP) is 6.28. The molecule has 0 bridgehead atoms. The maximum atomic E-state index is 13.2. The summed E-state index contributed by atoms with van der Waals surface area (Å²) in [5, 5.41) is 3.17. The van der Waals surface area contributed by atoms with Crippen LogP contribution < -0.4 is 14.8 Å². The molecule has 1 aromatic heterocycles. The van der Waals surface area contributed by atoms with Gasteiger partial charge in [0.25, 0.3) is 5.91 Å². The van der Waals surface area contributed by atoms with Crippen molar-refractivity contribution in [2.75, 3.05) is 5.32 Å². The number of carbonyl (C=O) groups is 1. The van der Waals surface area contributed by atoms with Crippen molar-refractivity contribution in [1.29, 1.82) is 0 Å². The van der Waals surface area contributed by atoms with Gasteiger partial charge in [-0.3, -0.25) is 4.79 Å². The van der Waals surface area contributed by atoms with Crippen LogP contribution in [0.25, 0.3) is 11.1 Å². The molecule has 148 valence electrons. The van der Waals surface area contributed by atoms with E-state index in [0.29, 0.717) is 11.1 Å². The number of aromatic nitrogens is 1. The fourth-order valence-electron chi connectivity index (χ4n) is 2.71. The monoisotopic (exact) mass is 456 g/mol. The molecule has 0 aliphatic carbocycles. The minimum atomic E-state index is -3.74. The van der Waals surface area contributed by atoms with Gasteiger partial charge in [0.2, 0.25) is 0 Å². The molecule has 0 fully saturated rings. The lowest BCUT2D eigenvalue weighted by Crippen LogP contribution is -2.25. The highest BCUT2D eigenvalue weighted by Crippen LogP contribution is 2.46. The van der Waals surface area contributed by atoms with Crippen molar-refractivity contribution in [3.63, 3.8) is 0 Å². The Bertz CT molecular complexity index is 1100. The molecule has 4 rings (SSSR count). The zero-order valence-electron chi connectivity index (χ0n) is 14.2. The minimum absolute atomic E-state index is 0.126. The number of hydrogen-bond donors (Lipinski definition) is 1. The number of alkyl halides is 2. The van der Waals surface area contributed by atoms with Gasteiger partial charge in [-0.2, -0.15) is 0 Å². The van der Waals surface area contributed by atoms with E-state index < -0.39 is 12.2 Å². The maximum absolute atomic E-state index is 13.2. The molecular formula is C19H9Cl3F2N2O3. The Balaban J connectivity index is 1.57. The molecule has 1 amide bonds. The number of rotatable bonds is 3. The lowest BCUT2D eigenvalue weighted by atomic mass is 10.1. The van der Waals surface area contributed by atoms with E-state index in [1.165, 1.54) is 24.4 Å². The smallest absolute Gasteiger partial charge is 0.395 e. The van der Waals surface area contributed by atoms with Gasteiger partial charge in [0, 0.05) is 23.4 Å². The summed E-state index contributed by atoms with van der Waals surface area (Å²) < 4.78 is 35.2. The van der Waals surface area contributed by atoms with Crippen LogP contribution in [0.3, 0.4) is 0 Å². The van der Waals surface area contributed by atoms with E-state index in [-0.39, 0.29) is 37.9 Å². The Hall–Kier alpha value is -2.61. The Morgan fingerprint density at radius 2 is 1.62 bits per heavy atom. The summed E-state index contributed by atoms with van der Waals surface area (Å²) in [4.78, 5) is 16.6. The molecule has 29 heavy (non-hydrogen) atoms. The summed E-state index contributed by atoms with van der Waals surface area (Å²) in [5.41, 5.74) is 1.05. The molecule has 0 saturated heterocycles. The lowest BCUT2D eigenvalue weighted by molar-refractivity contribution is -0.286. The van der Waals surface area contributed by atoms with Gasteiger partial charge >= 0.3 is 6.29 Å². The number of pyridine rings is 1. The number of benzene rings is 2. The Morgan fingerprint density at radius 1 is 0.966 bits per heavy atom. The first kappa shape index (κ1) is 19.7. The van der Waals surface area contributed by atoms with Crippen LogP contribution in [0.15, 0.2) is 48.7 Å². The van der Waals surface area contributed by atoms with Crippen LogP contribution in [0, 0.1) is 0 Å². The predicted molar refractivity (Wildman–Crippen MR) is 105 cm³/mol. The van der Waals surface area contributed by atoms with Crippen molar-refractivity contribution >= 4 is 46.5 Å². The van der Waals surface area contributed by atoms with E-state index in [2.05, 4.69) is 19.8 Å². The molecule has 1 N–H and O–H groups in total. The number of halogens is 5. The van der Waals surface area contributed by atoms with Gasteiger partial charge in [0.15, 0.2) is 11.5 Å². The number of ether oxygens (including phenoxy) is 2. The van der Waals surface area contributed by atoms with Gasteiger partial charge < -0.3 is 14.8 Å². The van der Waals surface area contributed by atoms with Crippen LogP contribution in [0.4, 0.5) is 14.6 Å². The average Bonchev–Trinajstić information content (AvgIpc) is 2.94. The van der Waals surface area contributed by atoms with Crippen molar-refractivity contribution in [2.24, 2.45) is 0 Å². The van der Waals surface area contributed by atoms with E-state index in [0.717, 1.165) is 0 Å². The second-order valence-electron chi connectivity index (χ2n) is 5.93. The maximum Gasteiger partial charge on any atom is 0.586 e. The van der Waals surface area contributed by atoms with Crippen LogP contribution in [-0.4, -0.2) is 17.2 Å². The van der Waals surface area contributed by atoms with E-state index in [9.17, 15) is 13.6 Å². The fraction of sp³-hybridized carbons (Fsp3) is 0.0526. The SMILES string of the molecule is O=C(Nc1ccc(-c2cc3c(cc2Cl)OC(F)(F)O3)cn1)c1c(Cl)cccc1Cl. The number of nitrogens with zero attached hydrogens (tertiary/aromatic N) is 1. The summed E-state index contributed by atoms with van der Waals surface area (Å²) in [6.45, 7) is 0. The molecule has 2 heterocycles. The molecule has 0 spiro atoms. The highest BCUT2D eigenvalue weighted by atomic mass is 35.5. The molecule has 0 saturated carbocycles. The summed E-state index contributed by atoms with van der Waals surface area (Å²) in [7, 11) is 0. The molecule has 5 nitrogen and oxygen atoms in total. The molecule has 10 heteroatoms. The van der Waals surface area contributed by atoms with Crippen LogP contribution in [0.2, 0.25) is 15.1 Å². The van der Waals surface area contributed by atoms with Gasteiger partial charge in [-0.05, 0) is 30.3 Å². The third-order valence-corrected chi connectivity index (χ3v) is 4.94. The van der Waals surface area contributed by atoms with Crippen LogP contribution >= 0.6 is 34.8 Å². The third kappa shape index (κ3) is 3.94. The molecule has 1 aliphatic heterocycles. The van der Waals surface area contributed by atoms with Crippen molar-refractivity contribution < 1.29 is 23.0 Å². The fourth-order valence-corrected chi connectivity index (χ4v) is 3.55. The standard InChI is InChI=1S/C19H9Cl3F2N2O3/c20-11-2-1-3-12(21)17(11)18(27)26-16-5-4-9(8-25-16)10-6-14-15(7-13(10)22)29-19(23,24)28-14/h1-8H,(H,25,26,27). The zero-order chi connectivity index (χ0) is 20.8. The number of anilines is 1. The van der Waals surface area contributed by atoms with Crippen molar-refractivity contribution in [1.82, 2.24) is 4.98 Å². The Labute approximate surface area is 178 Å². The van der Waals surface area contributed by atoms with Gasteiger partial charge in [-0.25, -0.2) is 4.98 Å². The van der Waals surface area contributed by atoms with E-state index in [4.69, 9.17) is 34.8 Å². The quantitative estimate of drug-likeness (QED) is 0.503. The van der Waals surface area contributed by atoms with E-state index in [1.807, 2.05) is 0 Å². The third-order valence-electron chi connectivity index (χ3n) is 4.00. The minimum Gasteiger partial charge on any atom is -0.395 e. The van der Waals surface area contributed by atoms with E-state index in [1.54, 1.807) is 24.3 Å². The summed E-state index contributed by atoms with van der Waals surface area (Å²) in [6, 6.07) is 10.4. The van der Waals surface area contributed by atoms with Gasteiger partial charge in [0.1, 0.15) is 5.82 Å². The zero-order valence-corrected chi connectivity index (χ0v) is 16.4. The highest BCUT2D eigenvalue weighted by Gasteiger charge is 2.43. The normalized spacial score (nSPS) is 14.0.